The number of hydrogen-bond acceptors (Lipinski definition) is 4. The molecule has 0 aliphatic heterocycles. The van der Waals surface area contributed by atoms with Crippen LogP contribution >= 0.6 is 23.4 Å². The van der Waals surface area contributed by atoms with Crippen molar-refractivity contribution in [3.8, 4) is 16.9 Å². The van der Waals surface area contributed by atoms with E-state index in [4.69, 9.17) is 11.6 Å². The average Bonchev–Trinajstić information content (AvgIpc) is 3.22. The second-order valence-electron chi connectivity index (χ2n) is 5.67. The van der Waals surface area contributed by atoms with Gasteiger partial charge < -0.3 is 0 Å². The first kappa shape index (κ1) is 16.8. The van der Waals surface area contributed by atoms with E-state index < -0.39 is 0 Å². The highest BCUT2D eigenvalue weighted by Crippen LogP contribution is 2.24. The van der Waals surface area contributed by atoms with Gasteiger partial charge in [-0.1, -0.05) is 47.6 Å². The van der Waals surface area contributed by atoms with Gasteiger partial charge in [0.1, 0.15) is 5.03 Å². The molecule has 4 aromatic rings. The van der Waals surface area contributed by atoms with Crippen molar-refractivity contribution in [2.75, 3.05) is 0 Å². The summed E-state index contributed by atoms with van der Waals surface area (Å²) < 4.78 is 1.82. The molecule has 2 aromatic heterocycles. The second kappa shape index (κ2) is 7.72. The fourth-order valence-corrected chi connectivity index (χ4v) is 3.51. The van der Waals surface area contributed by atoms with Crippen molar-refractivity contribution >= 4 is 23.4 Å². The zero-order chi connectivity index (χ0) is 17.8. The highest BCUT2D eigenvalue weighted by Gasteiger charge is 2.04. The Bertz CT molecular complexity index is 983. The third-order valence-corrected chi connectivity index (χ3v) is 5.07. The van der Waals surface area contributed by atoms with Gasteiger partial charge in [0.05, 0.1) is 11.4 Å². The number of aromatic nitrogens is 4. The molecule has 0 unspecified atom stereocenters. The number of thioether (sulfide) groups is 1. The Morgan fingerprint density at radius 3 is 2.50 bits per heavy atom. The van der Waals surface area contributed by atoms with Crippen LogP contribution in [0.5, 0.6) is 0 Å². The summed E-state index contributed by atoms with van der Waals surface area (Å²) >= 11 is 7.66. The molecule has 4 rings (SSSR count). The number of rotatable bonds is 5. The maximum Gasteiger partial charge on any atom is 0.119 e. The summed E-state index contributed by atoms with van der Waals surface area (Å²) in [6.07, 6.45) is 3.68. The highest BCUT2D eigenvalue weighted by molar-refractivity contribution is 7.98. The van der Waals surface area contributed by atoms with E-state index in [9.17, 15) is 0 Å². The SMILES string of the molecule is Clc1cccc(CSc2ccc(-c3ccc(-n4cccn4)cc3)nn2)c1. The lowest BCUT2D eigenvalue weighted by Gasteiger charge is -2.05. The summed E-state index contributed by atoms with van der Waals surface area (Å²) in [6.45, 7) is 0. The molecule has 26 heavy (non-hydrogen) atoms. The third kappa shape index (κ3) is 3.95. The van der Waals surface area contributed by atoms with E-state index in [1.807, 2.05) is 71.5 Å². The normalized spacial score (nSPS) is 10.8. The highest BCUT2D eigenvalue weighted by atomic mass is 35.5. The van der Waals surface area contributed by atoms with Gasteiger partial charge in [0.25, 0.3) is 0 Å². The molecule has 4 nitrogen and oxygen atoms in total. The molecule has 128 valence electrons. The van der Waals surface area contributed by atoms with Crippen LogP contribution in [0.1, 0.15) is 5.56 Å². The van der Waals surface area contributed by atoms with Crippen LogP contribution in [0.15, 0.2) is 84.1 Å². The minimum absolute atomic E-state index is 0.753. The lowest BCUT2D eigenvalue weighted by atomic mass is 10.1. The maximum atomic E-state index is 6.02. The molecule has 0 aliphatic carbocycles. The monoisotopic (exact) mass is 378 g/mol. The summed E-state index contributed by atoms with van der Waals surface area (Å²) in [4.78, 5) is 0. The van der Waals surface area contributed by atoms with Crippen LogP contribution in [-0.2, 0) is 5.75 Å². The topological polar surface area (TPSA) is 43.6 Å². The van der Waals surface area contributed by atoms with Crippen LogP contribution in [0.2, 0.25) is 5.02 Å². The van der Waals surface area contributed by atoms with Crippen molar-refractivity contribution in [3.63, 3.8) is 0 Å². The van der Waals surface area contributed by atoms with Gasteiger partial charge in [0.15, 0.2) is 0 Å². The van der Waals surface area contributed by atoms with Gasteiger partial charge in [-0.05, 0) is 48.0 Å². The van der Waals surface area contributed by atoms with Crippen LogP contribution in [0.25, 0.3) is 16.9 Å². The predicted molar refractivity (Wildman–Crippen MR) is 106 cm³/mol. The maximum absolute atomic E-state index is 6.02. The minimum Gasteiger partial charge on any atom is -0.241 e. The van der Waals surface area contributed by atoms with E-state index in [1.54, 1.807) is 18.0 Å². The summed E-state index contributed by atoms with van der Waals surface area (Å²) in [7, 11) is 0. The second-order valence-corrected chi connectivity index (χ2v) is 7.10. The minimum atomic E-state index is 0.753. The molecule has 2 aromatic carbocycles. The zero-order valence-electron chi connectivity index (χ0n) is 13.8. The molecule has 2 heterocycles. The average molecular weight is 379 g/mol. The van der Waals surface area contributed by atoms with Crippen molar-refractivity contribution in [2.24, 2.45) is 0 Å². The smallest absolute Gasteiger partial charge is 0.119 e. The molecule has 0 fully saturated rings. The zero-order valence-corrected chi connectivity index (χ0v) is 15.4. The van der Waals surface area contributed by atoms with Gasteiger partial charge in [-0.15, -0.1) is 10.2 Å². The van der Waals surface area contributed by atoms with Gasteiger partial charge in [0, 0.05) is 28.7 Å². The van der Waals surface area contributed by atoms with E-state index in [0.717, 1.165) is 32.7 Å². The van der Waals surface area contributed by atoms with Gasteiger partial charge in [0.2, 0.25) is 0 Å². The summed E-state index contributed by atoms with van der Waals surface area (Å²) in [5.74, 6) is 0.813. The standard InChI is InChI=1S/C20H15ClN4S/c21-17-4-1-3-15(13-17)14-26-20-10-9-19(23-24-20)16-5-7-18(8-6-16)25-12-2-11-22-25/h1-13H,14H2. The molecule has 0 N–H and O–H groups in total. The molecular formula is C20H15ClN4S. The first-order valence-electron chi connectivity index (χ1n) is 8.09. The Hall–Kier alpha value is -2.63. The van der Waals surface area contributed by atoms with Crippen LogP contribution in [0.3, 0.4) is 0 Å². The summed E-state index contributed by atoms with van der Waals surface area (Å²) in [6, 6.07) is 21.9. The Morgan fingerprint density at radius 1 is 0.923 bits per heavy atom. The lowest BCUT2D eigenvalue weighted by molar-refractivity contribution is 0.880. The van der Waals surface area contributed by atoms with Gasteiger partial charge in [-0.25, -0.2) is 4.68 Å². The fourth-order valence-electron chi connectivity index (χ4n) is 2.54. The summed E-state index contributed by atoms with van der Waals surface area (Å²) in [5, 5.41) is 14.6. The van der Waals surface area contributed by atoms with Crippen molar-refractivity contribution < 1.29 is 0 Å². The van der Waals surface area contributed by atoms with Crippen LogP contribution < -0.4 is 0 Å². The first-order chi connectivity index (χ1) is 12.8. The largest absolute Gasteiger partial charge is 0.241 e. The third-order valence-electron chi connectivity index (χ3n) is 3.85. The molecule has 0 radical (unpaired) electrons. The van der Waals surface area contributed by atoms with Crippen LogP contribution in [-0.4, -0.2) is 20.0 Å². The van der Waals surface area contributed by atoms with Crippen molar-refractivity contribution in [2.45, 2.75) is 10.8 Å². The van der Waals surface area contributed by atoms with Crippen molar-refractivity contribution in [3.05, 3.63) is 89.7 Å². The number of hydrogen-bond donors (Lipinski definition) is 0. The van der Waals surface area contributed by atoms with E-state index in [1.165, 1.54) is 5.56 Å². The van der Waals surface area contributed by atoms with E-state index in [0.29, 0.717) is 0 Å². The molecule has 0 atom stereocenters. The fraction of sp³-hybridized carbons (Fsp3) is 0.0500. The van der Waals surface area contributed by atoms with E-state index >= 15 is 0 Å². The van der Waals surface area contributed by atoms with Gasteiger partial charge >= 0.3 is 0 Å². The predicted octanol–water partition coefficient (Wildman–Crippen LogP) is 5.28. The Labute approximate surface area is 160 Å². The number of halogens is 1. The number of nitrogens with zero attached hydrogens (tertiary/aromatic N) is 4. The molecule has 6 heteroatoms. The van der Waals surface area contributed by atoms with Gasteiger partial charge in [-0.3, -0.25) is 0 Å². The van der Waals surface area contributed by atoms with Gasteiger partial charge in [-0.2, -0.15) is 5.10 Å². The van der Waals surface area contributed by atoms with Crippen LogP contribution in [0, 0.1) is 0 Å². The molecule has 0 bridgehead atoms. The van der Waals surface area contributed by atoms with Crippen LogP contribution in [0.4, 0.5) is 0 Å². The van der Waals surface area contributed by atoms with Crippen molar-refractivity contribution in [1.29, 1.82) is 0 Å². The molecule has 0 saturated carbocycles. The Morgan fingerprint density at radius 2 is 1.81 bits per heavy atom. The Balaban J connectivity index is 1.44. The lowest BCUT2D eigenvalue weighted by Crippen LogP contribution is -1.94. The molecule has 0 aliphatic rings. The molecule has 0 saturated heterocycles. The molecule has 0 amide bonds. The molecular weight excluding hydrogens is 364 g/mol. The van der Waals surface area contributed by atoms with E-state index in [-0.39, 0.29) is 0 Å². The summed E-state index contributed by atoms with van der Waals surface area (Å²) in [5.41, 5.74) is 4.06. The van der Waals surface area contributed by atoms with Crippen molar-refractivity contribution in [1.82, 2.24) is 20.0 Å². The molecule has 0 spiro atoms. The first-order valence-corrected chi connectivity index (χ1v) is 9.46. The quantitative estimate of drug-likeness (QED) is 0.443. The number of benzene rings is 2. The Kier molecular flexibility index (Phi) is 5.00. The van der Waals surface area contributed by atoms with E-state index in [2.05, 4.69) is 21.4 Å².